The Morgan fingerprint density at radius 3 is 1.26 bits per heavy atom. The SMILES string of the molecule is CNS(=O)(=O)c1ccc(N=Nc2c(C)nn(-c3cccc(Cl)c3)c2O)c(O)c1.CNS(=O)(=O)c1ccc(N=Nc2c(C)nn(-c3cccc(Cl)c3)c2O)c(O)c1.[Cr]. The third-order valence-corrected chi connectivity index (χ3v) is 11.0. The molecule has 0 atom stereocenters. The van der Waals surface area contributed by atoms with E-state index in [1.165, 1.54) is 47.7 Å². The summed E-state index contributed by atoms with van der Waals surface area (Å²) in [6.45, 7) is 3.27. The first-order valence-corrected chi connectivity index (χ1v) is 19.6. The molecule has 18 nitrogen and oxygen atoms in total. The summed E-state index contributed by atoms with van der Waals surface area (Å²) in [6, 6.07) is 20.8. The fourth-order valence-electron chi connectivity index (χ4n) is 4.78. The van der Waals surface area contributed by atoms with Crippen molar-refractivity contribution >= 4 is 66.0 Å². The van der Waals surface area contributed by atoms with Gasteiger partial charge in [0.1, 0.15) is 22.9 Å². The number of phenolic OH excluding ortho intramolecular Hbond substituents is 2. The maximum Gasteiger partial charge on any atom is 0.243 e. The second kappa shape index (κ2) is 18.3. The van der Waals surface area contributed by atoms with E-state index in [0.29, 0.717) is 32.8 Å². The zero-order valence-corrected chi connectivity index (χ0v) is 34.5. The summed E-state index contributed by atoms with van der Waals surface area (Å²) in [6.07, 6.45) is 0. The van der Waals surface area contributed by atoms with Crippen LogP contribution in [-0.2, 0) is 37.4 Å². The third kappa shape index (κ3) is 10.1. The van der Waals surface area contributed by atoms with E-state index in [0.717, 1.165) is 12.1 Å². The Hall–Kier alpha value is -5.37. The Labute approximate surface area is 347 Å². The monoisotopic (exact) mass is 894 g/mol. The molecule has 0 aliphatic rings. The van der Waals surface area contributed by atoms with E-state index in [2.05, 4.69) is 40.1 Å². The number of azo groups is 2. The van der Waals surface area contributed by atoms with Gasteiger partial charge < -0.3 is 20.4 Å². The summed E-state index contributed by atoms with van der Waals surface area (Å²) >= 11 is 11.9. The number of halogens is 2. The minimum Gasteiger partial charge on any atom is -0.506 e. The molecule has 0 aliphatic heterocycles. The predicted octanol–water partition coefficient (Wildman–Crippen LogP) is 7.14. The largest absolute Gasteiger partial charge is 0.506 e. The van der Waals surface area contributed by atoms with Gasteiger partial charge in [0.15, 0.2) is 11.4 Å². The van der Waals surface area contributed by atoms with E-state index in [1.807, 2.05) is 0 Å². The minimum atomic E-state index is -3.70. The van der Waals surface area contributed by atoms with E-state index in [4.69, 9.17) is 23.2 Å². The average molecular weight is 896 g/mol. The molecular formula is C34H32Cl2CrN10O8S2. The van der Waals surface area contributed by atoms with Crippen LogP contribution >= 0.6 is 23.2 Å². The molecule has 0 spiro atoms. The van der Waals surface area contributed by atoms with Crippen LogP contribution in [0.5, 0.6) is 23.3 Å². The molecule has 57 heavy (non-hydrogen) atoms. The topological polar surface area (TPSA) is 258 Å². The Balaban J connectivity index is 0.000000248. The van der Waals surface area contributed by atoms with Gasteiger partial charge in [-0.15, -0.1) is 20.5 Å². The zero-order chi connectivity index (χ0) is 40.9. The van der Waals surface area contributed by atoms with Crippen molar-refractivity contribution in [1.29, 1.82) is 0 Å². The smallest absolute Gasteiger partial charge is 0.243 e. The molecule has 0 unspecified atom stereocenters. The van der Waals surface area contributed by atoms with Crippen LogP contribution in [0.2, 0.25) is 10.0 Å². The molecule has 2 heterocycles. The summed E-state index contributed by atoms with van der Waals surface area (Å²) in [4.78, 5) is -0.224. The van der Waals surface area contributed by atoms with Crippen molar-refractivity contribution in [3.8, 4) is 34.6 Å². The van der Waals surface area contributed by atoms with Crippen molar-refractivity contribution in [3.05, 3.63) is 106 Å². The molecule has 6 aromatic rings. The molecule has 0 aliphatic carbocycles. The van der Waals surface area contributed by atoms with Gasteiger partial charge in [0.05, 0.1) is 32.6 Å². The molecule has 0 fully saturated rings. The number of phenols is 2. The molecule has 2 aromatic heterocycles. The van der Waals surface area contributed by atoms with Gasteiger partial charge in [-0.2, -0.15) is 19.6 Å². The van der Waals surface area contributed by atoms with E-state index in [9.17, 15) is 37.3 Å². The second-order valence-electron chi connectivity index (χ2n) is 11.4. The molecule has 298 valence electrons. The maximum atomic E-state index is 11.8. The van der Waals surface area contributed by atoms with Crippen molar-refractivity contribution in [3.63, 3.8) is 0 Å². The second-order valence-corrected chi connectivity index (χ2v) is 16.1. The van der Waals surface area contributed by atoms with E-state index in [-0.39, 0.29) is 73.2 Å². The molecular weight excluding hydrogens is 863 g/mol. The number of hydrogen-bond acceptors (Lipinski definition) is 14. The van der Waals surface area contributed by atoms with Crippen LogP contribution < -0.4 is 9.44 Å². The Morgan fingerprint density at radius 2 is 0.947 bits per heavy atom. The Kier molecular flexibility index (Phi) is 14.2. The number of aryl methyl sites for hydroxylation is 2. The van der Waals surface area contributed by atoms with Gasteiger partial charge in [-0.3, -0.25) is 0 Å². The predicted molar refractivity (Wildman–Crippen MR) is 207 cm³/mol. The number of sulfonamides is 2. The fourth-order valence-corrected chi connectivity index (χ4v) is 6.65. The van der Waals surface area contributed by atoms with Crippen molar-refractivity contribution in [1.82, 2.24) is 29.0 Å². The van der Waals surface area contributed by atoms with Crippen LogP contribution in [0.25, 0.3) is 11.4 Å². The van der Waals surface area contributed by atoms with Crippen LogP contribution in [0, 0.1) is 13.8 Å². The van der Waals surface area contributed by atoms with Gasteiger partial charge in [0.25, 0.3) is 0 Å². The van der Waals surface area contributed by atoms with Crippen LogP contribution in [-0.4, -0.2) is 70.9 Å². The van der Waals surface area contributed by atoms with Gasteiger partial charge in [-0.1, -0.05) is 35.3 Å². The van der Waals surface area contributed by atoms with Crippen molar-refractivity contribution in [2.45, 2.75) is 23.6 Å². The van der Waals surface area contributed by atoms with Crippen LogP contribution in [0.3, 0.4) is 0 Å². The van der Waals surface area contributed by atoms with Gasteiger partial charge in [-0.05, 0) is 88.6 Å². The normalized spacial score (nSPS) is 11.8. The van der Waals surface area contributed by atoms with Crippen LogP contribution in [0.1, 0.15) is 11.4 Å². The number of aromatic hydroxyl groups is 4. The Bertz CT molecular complexity index is 2540. The molecule has 0 saturated heterocycles. The first-order chi connectivity index (χ1) is 26.4. The number of benzene rings is 4. The number of aromatic nitrogens is 4. The van der Waals surface area contributed by atoms with Crippen molar-refractivity contribution < 1.29 is 54.6 Å². The number of nitrogens with zero attached hydrogens (tertiary/aromatic N) is 8. The quantitative estimate of drug-likeness (QED) is 0.0758. The zero-order valence-electron chi connectivity index (χ0n) is 30.1. The molecule has 0 bridgehead atoms. The number of hydrogen-bond donors (Lipinski definition) is 6. The fraction of sp³-hybridized carbons (Fsp3) is 0.118. The van der Waals surface area contributed by atoms with Crippen molar-refractivity contribution in [2.24, 2.45) is 20.5 Å². The van der Waals surface area contributed by atoms with E-state index < -0.39 is 20.0 Å². The first-order valence-electron chi connectivity index (χ1n) is 15.9. The molecule has 0 saturated carbocycles. The standard InChI is InChI=1S/2C17H16ClN5O4S.Cr/c2*1-10-16(17(25)23(22-10)12-5-3-4-11(18)8-12)21-20-14-7-6-13(9-15(14)24)28(26,27)19-2;/h2*3-9,19,24-25H,1-2H3;. The van der Waals surface area contributed by atoms with E-state index >= 15 is 0 Å². The van der Waals surface area contributed by atoms with Crippen LogP contribution in [0.4, 0.5) is 22.7 Å². The molecule has 6 N–H and O–H groups in total. The minimum absolute atomic E-state index is 0. The number of rotatable bonds is 10. The van der Waals surface area contributed by atoms with Gasteiger partial charge in [0, 0.05) is 39.5 Å². The summed E-state index contributed by atoms with van der Waals surface area (Å²) in [7, 11) is -4.86. The average Bonchev–Trinajstić information content (AvgIpc) is 3.62. The van der Waals surface area contributed by atoms with Gasteiger partial charge in [-0.25, -0.2) is 26.3 Å². The molecule has 0 amide bonds. The summed E-state index contributed by atoms with van der Waals surface area (Å²) in [5.74, 6) is -1.26. The summed E-state index contributed by atoms with van der Waals surface area (Å²) in [5.41, 5.74) is 2.15. The maximum absolute atomic E-state index is 11.8. The first kappa shape index (κ1) is 44.3. The molecule has 23 heteroatoms. The molecule has 4 aromatic carbocycles. The third-order valence-electron chi connectivity index (χ3n) is 7.68. The number of nitrogens with one attached hydrogen (secondary N) is 2. The summed E-state index contributed by atoms with van der Waals surface area (Å²) in [5, 5.41) is 66.0. The van der Waals surface area contributed by atoms with Crippen LogP contribution in [0.15, 0.2) is 115 Å². The van der Waals surface area contributed by atoms with Gasteiger partial charge in [0.2, 0.25) is 31.8 Å². The van der Waals surface area contributed by atoms with Crippen molar-refractivity contribution in [2.75, 3.05) is 14.1 Å². The molecule has 6 rings (SSSR count). The Morgan fingerprint density at radius 1 is 0.579 bits per heavy atom. The molecule has 0 radical (unpaired) electrons. The summed E-state index contributed by atoms with van der Waals surface area (Å²) < 4.78 is 53.9. The van der Waals surface area contributed by atoms with E-state index in [1.54, 1.807) is 62.4 Å². The van der Waals surface area contributed by atoms with Gasteiger partial charge >= 0.3 is 0 Å².